The Morgan fingerprint density at radius 2 is 2.26 bits per heavy atom. The number of hydrogen-bond donors (Lipinski definition) is 1. The molecule has 122 valence electrons. The van der Waals surface area contributed by atoms with Crippen LogP contribution in [0.5, 0.6) is 0 Å². The monoisotopic (exact) mass is 331 g/mol. The summed E-state index contributed by atoms with van der Waals surface area (Å²) in [5, 5.41) is 5.88. The molecular formula is C17H21N3O2S. The van der Waals surface area contributed by atoms with E-state index in [-0.39, 0.29) is 12.0 Å². The van der Waals surface area contributed by atoms with Crippen LogP contribution in [-0.2, 0) is 16.0 Å². The van der Waals surface area contributed by atoms with Crippen LogP contribution in [0.4, 0.5) is 5.69 Å². The second kappa shape index (κ2) is 7.57. The molecule has 1 aliphatic heterocycles. The average molecular weight is 331 g/mol. The summed E-state index contributed by atoms with van der Waals surface area (Å²) < 4.78 is 5.76. The Balaban J connectivity index is 1.47. The van der Waals surface area contributed by atoms with E-state index in [1.165, 1.54) is 5.69 Å². The lowest BCUT2D eigenvalue weighted by atomic mass is 10.2. The van der Waals surface area contributed by atoms with Crippen LogP contribution in [0, 0.1) is 6.92 Å². The summed E-state index contributed by atoms with van der Waals surface area (Å²) in [6.07, 6.45) is 0.351. The second-order valence-electron chi connectivity index (χ2n) is 5.61. The number of rotatable bonds is 5. The first-order chi connectivity index (χ1) is 11.2. The van der Waals surface area contributed by atoms with E-state index < -0.39 is 0 Å². The van der Waals surface area contributed by atoms with Crippen LogP contribution in [0.15, 0.2) is 35.7 Å². The first-order valence-electron chi connectivity index (χ1n) is 7.80. The van der Waals surface area contributed by atoms with E-state index in [1.54, 1.807) is 11.3 Å². The van der Waals surface area contributed by atoms with Crippen molar-refractivity contribution in [3.05, 3.63) is 46.4 Å². The van der Waals surface area contributed by atoms with Gasteiger partial charge >= 0.3 is 0 Å². The standard InChI is InChI=1S/C17H21N3O2S/c1-13-19-14(12-23-13)9-17(21)18-10-16-11-20(7-8-22-16)15-5-3-2-4-6-15/h2-6,12,16H,7-11H2,1H3,(H,18,21). The van der Waals surface area contributed by atoms with Crippen molar-refractivity contribution >= 4 is 22.9 Å². The van der Waals surface area contributed by atoms with Crippen molar-refractivity contribution in [2.45, 2.75) is 19.4 Å². The molecule has 2 aromatic rings. The number of thiazole rings is 1. The van der Waals surface area contributed by atoms with Crippen LogP contribution in [0.3, 0.4) is 0 Å². The Kier molecular flexibility index (Phi) is 5.25. The molecule has 0 saturated carbocycles. The lowest BCUT2D eigenvalue weighted by Crippen LogP contribution is -2.47. The molecule has 3 rings (SSSR count). The maximum absolute atomic E-state index is 12.0. The predicted octanol–water partition coefficient (Wildman–Crippen LogP) is 2.02. The van der Waals surface area contributed by atoms with Crippen LogP contribution >= 0.6 is 11.3 Å². The van der Waals surface area contributed by atoms with E-state index in [0.29, 0.717) is 19.6 Å². The van der Waals surface area contributed by atoms with Gasteiger partial charge in [-0.1, -0.05) is 18.2 Å². The van der Waals surface area contributed by atoms with Gasteiger partial charge in [-0.05, 0) is 19.1 Å². The molecule has 0 bridgehead atoms. The smallest absolute Gasteiger partial charge is 0.226 e. The van der Waals surface area contributed by atoms with Crippen molar-refractivity contribution in [3.63, 3.8) is 0 Å². The quantitative estimate of drug-likeness (QED) is 0.911. The molecule has 23 heavy (non-hydrogen) atoms. The summed E-state index contributed by atoms with van der Waals surface area (Å²) in [6.45, 7) is 4.83. The molecule has 2 heterocycles. The number of para-hydroxylation sites is 1. The van der Waals surface area contributed by atoms with Gasteiger partial charge in [0.25, 0.3) is 0 Å². The Bertz CT molecular complexity index is 644. The fourth-order valence-electron chi connectivity index (χ4n) is 2.66. The third-order valence-electron chi connectivity index (χ3n) is 3.80. The molecule has 1 saturated heterocycles. The van der Waals surface area contributed by atoms with E-state index in [9.17, 15) is 4.79 Å². The summed E-state index contributed by atoms with van der Waals surface area (Å²) in [6, 6.07) is 10.3. The molecule has 0 aliphatic carbocycles. The minimum atomic E-state index is -0.00395. The highest BCUT2D eigenvalue weighted by Gasteiger charge is 2.21. The van der Waals surface area contributed by atoms with Crippen molar-refractivity contribution < 1.29 is 9.53 Å². The molecule has 0 radical (unpaired) electrons. The van der Waals surface area contributed by atoms with Crippen molar-refractivity contribution in [2.75, 3.05) is 31.1 Å². The molecule has 1 fully saturated rings. The van der Waals surface area contributed by atoms with Crippen LogP contribution in [0.25, 0.3) is 0 Å². The van der Waals surface area contributed by atoms with Crippen molar-refractivity contribution in [1.82, 2.24) is 10.3 Å². The van der Waals surface area contributed by atoms with Gasteiger partial charge in [-0.25, -0.2) is 4.98 Å². The number of nitrogens with one attached hydrogen (secondary N) is 1. The van der Waals surface area contributed by atoms with Gasteiger partial charge in [-0.15, -0.1) is 11.3 Å². The van der Waals surface area contributed by atoms with E-state index in [4.69, 9.17) is 4.74 Å². The Labute approximate surface area is 140 Å². The molecule has 1 amide bonds. The van der Waals surface area contributed by atoms with Gasteiger partial charge in [0.05, 0.1) is 29.8 Å². The van der Waals surface area contributed by atoms with E-state index >= 15 is 0 Å². The van der Waals surface area contributed by atoms with Gasteiger partial charge in [0.1, 0.15) is 0 Å². The zero-order valence-corrected chi connectivity index (χ0v) is 14.0. The normalized spacial score (nSPS) is 18.0. The van der Waals surface area contributed by atoms with Crippen LogP contribution in [0.2, 0.25) is 0 Å². The van der Waals surface area contributed by atoms with Gasteiger partial charge in [-0.2, -0.15) is 0 Å². The lowest BCUT2D eigenvalue weighted by Gasteiger charge is -2.34. The fourth-order valence-corrected chi connectivity index (χ4v) is 3.27. The number of benzene rings is 1. The molecule has 1 aromatic heterocycles. The fraction of sp³-hybridized carbons (Fsp3) is 0.412. The Morgan fingerprint density at radius 1 is 1.43 bits per heavy atom. The largest absolute Gasteiger partial charge is 0.373 e. The first kappa shape index (κ1) is 16.0. The molecular weight excluding hydrogens is 310 g/mol. The highest BCUT2D eigenvalue weighted by molar-refractivity contribution is 7.09. The number of ether oxygens (including phenoxy) is 1. The predicted molar refractivity (Wildman–Crippen MR) is 92.0 cm³/mol. The van der Waals surface area contributed by atoms with E-state index in [1.807, 2.05) is 30.5 Å². The minimum Gasteiger partial charge on any atom is -0.373 e. The number of anilines is 1. The van der Waals surface area contributed by atoms with Crippen LogP contribution in [-0.4, -0.2) is 43.2 Å². The second-order valence-corrected chi connectivity index (χ2v) is 6.68. The number of nitrogens with zero attached hydrogens (tertiary/aromatic N) is 2. The zero-order chi connectivity index (χ0) is 16.1. The number of carbonyl (C=O) groups is 1. The molecule has 1 atom stereocenters. The summed E-state index contributed by atoms with van der Waals surface area (Å²) in [5.41, 5.74) is 2.03. The van der Waals surface area contributed by atoms with Crippen LogP contribution in [0.1, 0.15) is 10.7 Å². The molecule has 1 aliphatic rings. The highest BCUT2D eigenvalue weighted by atomic mass is 32.1. The maximum Gasteiger partial charge on any atom is 0.226 e. The van der Waals surface area contributed by atoms with E-state index in [2.05, 4.69) is 27.3 Å². The summed E-state index contributed by atoms with van der Waals surface area (Å²) in [7, 11) is 0. The number of carbonyl (C=O) groups excluding carboxylic acids is 1. The number of morpholine rings is 1. The number of aryl methyl sites for hydroxylation is 1. The summed E-state index contributed by atoms with van der Waals surface area (Å²) in [5.74, 6) is -0.00395. The molecule has 1 aromatic carbocycles. The molecule has 6 heteroatoms. The Hall–Kier alpha value is -1.92. The third kappa shape index (κ3) is 4.53. The third-order valence-corrected chi connectivity index (χ3v) is 4.62. The molecule has 1 N–H and O–H groups in total. The number of amides is 1. The molecule has 0 spiro atoms. The first-order valence-corrected chi connectivity index (χ1v) is 8.68. The van der Waals surface area contributed by atoms with Crippen molar-refractivity contribution in [2.24, 2.45) is 0 Å². The summed E-state index contributed by atoms with van der Waals surface area (Å²) >= 11 is 1.57. The van der Waals surface area contributed by atoms with Crippen molar-refractivity contribution in [3.8, 4) is 0 Å². The average Bonchev–Trinajstić information content (AvgIpc) is 2.99. The van der Waals surface area contributed by atoms with Gasteiger partial charge in [-0.3, -0.25) is 4.79 Å². The summed E-state index contributed by atoms with van der Waals surface area (Å²) in [4.78, 5) is 18.6. The van der Waals surface area contributed by atoms with Gasteiger partial charge in [0.15, 0.2) is 0 Å². The van der Waals surface area contributed by atoms with Crippen LogP contribution < -0.4 is 10.2 Å². The number of hydrogen-bond acceptors (Lipinski definition) is 5. The minimum absolute atomic E-state index is 0.00395. The zero-order valence-electron chi connectivity index (χ0n) is 13.2. The SMILES string of the molecule is Cc1nc(CC(=O)NCC2CN(c3ccccc3)CCO2)cs1. The lowest BCUT2D eigenvalue weighted by molar-refractivity contribution is -0.121. The van der Waals surface area contributed by atoms with Crippen molar-refractivity contribution in [1.29, 1.82) is 0 Å². The van der Waals surface area contributed by atoms with Gasteiger partial charge in [0, 0.05) is 30.7 Å². The van der Waals surface area contributed by atoms with Gasteiger partial charge in [0.2, 0.25) is 5.91 Å². The van der Waals surface area contributed by atoms with Gasteiger partial charge < -0.3 is 15.0 Å². The number of aromatic nitrogens is 1. The topological polar surface area (TPSA) is 54.5 Å². The van der Waals surface area contributed by atoms with E-state index in [0.717, 1.165) is 23.8 Å². The highest BCUT2D eigenvalue weighted by Crippen LogP contribution is 2.16. The Morgan fingerprint density at radius 3 is 3.00 bits per heavy atom. The maximum atomic E-state index is 12.0. The molecule has 5 nitrogen and oxygen atoms in total. The molecule has 1 unspecified atom stereocenters.